The molecule has 4 aromatic rings. The van der Waals surface area contributed by atoms with Crippen LogP contribution in [0.1, 0.15) is 38.4 Å². The number of amides is 1. The first-order valence-corrected chi connectivity index (χ1v) is 10.3. The smallest absolute Gasteiger partial charge is 0.255 e. The molecule has 3 N–H and O–H groups in total. The molecular formula is C24H19ClFN3O3. The van der Waals surface area contributed by atoms with E-state index in [0.717, 1.165) is 5.69 Å². The van der Waals surface area contributed by atoms with Gasteiger partial charge in [-0.2, -0.15) is 0 Å². The number of phenols is 1. The fourth-order valence-electron chi connectivity index (χ4n) is 3.56. The zero-order valence-corrected chi connectivity index (χ0v) is 17.6. The third-order valence-corrected chi connectivity index (χ3v) is 5.45. The third kappa shape index (κ3) is 4.20. The number of benzene rings is 2. The summed E-state index contributed by atoms with van der Waals surface area (Å²) in [6, 6.07) is 12.1. The predicted molar refractivity (Wildman–Crippen MR) is 120 cm³/mol. The van der Waals surface area contributed by atoms with E-state index in [2.05, 4.69) is 15.3 Å². The zero-order chi connectivity index (χ0) is 22.7. The van der Waals surface area contributed by atoms with Crippen molar-refractivity contribution in [3.8, 4) is 5.75 Å². The molecule has 0 unspecified atom stereocenters. The summed E-state index contributed by atoms with van der Waals surface area (Å²) in [6.07, 6.45) is 4.24. The Kier molecular flexibility index (Phi) is 6.18. The van der Waals surface area contributed by atoms with Gasteiger partial charge in [0.05, 0.1) is 27.4 Å². The lowest BCUT2D eigenvalue weighted by Crippen LogP contribution is -2.24. The third-order valence-electron chi connectivity index (χ3n) is 5.14. The summed E-state index contributed by atoms with van der Waals surface area (Å²) in [7, 11) is 0. The van der Waals surface area contributed by atoms with Gasteiger partial charge in [-0.1, -0.05) is 29.8 Å². The fourth-order valence-corrected chi connectivity index (χ4v) is 3.81. The SMILES string of the molecule is O=C(NCCCc1nccc2c(C(=O)c3c(F)cccc3Cl)c[nH]c12)c1ccccc1O. The van der Waals surface area contributed by atoms with Gasteiger partial charge in [-0.05, 0) is 43.2 Å². The molecule has 1 amide bonds. The second-order valence-corrected chi connectivity index (χ2v) is 7.59. The van der Waals surface area contributed by atoms with E-state index in [9.17, 15) is 19.1 Å². The molecule has 6 nitrogen and oxygen atoms in total. The zero-order valence-electron chi connectivity index (χ0n) is 16.9. The number of aromatic hydroxyl groups is 1. The summed E-state index contributed by atoms with van der Waals surface area (Å²) in [5.41, 5.74) is 1.75. The molecule has 0 saturated heterocycles. The van der Waals surface area contributed by atoms with E-state index in [1.807, 2.05) is 0 Å². The van der Waals surface area contributed by atoms with Crippen LogP contribution < -0.4 is 5.32 Å². The first-order chi connectivity index (χ1) is 15.5. The molecular weight excluding hydrogens is 433 g/mol. The van der Waals surface area contributed by atoms with Crippen molar-refractivity contribution in [3.05, 3.63) is 94.1 Å². The van der Waals surface area contributed by atoms with E-state index in [0.29, 0.717) is 35.9 Å². The van der Waals surface area contributed by atoms with Gasteiger partial charge in [0.1, 0.15) is 11.6 Å². The number of pyridine rings is 1. The van der Waals surface area contributed by atoms with Crippen LogP contribution in [0.2, 0.25) is 5.02 Å². The second kappa shape index (κ2) is 9.20. The molecule has 2 heterocycles. The van der Waals surface area contributed by atoms with Crippen molar-refractivity contribution in [1.29, 1.82) is 0 Å². The number of carbonyl (C=O) groups is 2. The van der Waals surface area contributed by atoms with Crippen LogP contribution >= 0.6 is 11.6 Å². The van der Waals surface area contributed by atoms with E-state index in [1.165, 1.54) is 30.5 Å². The van der Waals surface area contributed by atoms with Gasteiger partial charge in [0, 0.05) is 29.9 Å². The molecule has 32 heavy (non-hydrogen) atoms. The highest BCUT2D eigenvalue weighted by Crippen LogP contribution is 2.27. The second-order valence-electron chi connectivity index (χ2n) is 7.18. The number of nitrogens with zero attached hydrogens (tertiary/aromatic N) is 1. The van der Waals surface area contributed by atoms with Crippen molar-refractivity contribution in [2.75, 3.05) is 6.54 Å². The minimum Gasteiger partial charge on any atom is -0.507 e. The van der Waals surface area contributed by atoms with E-state index < -0.39 is 11.6 Å². The van der Waals surface area contributed by atoms with Crippen LogP contribution in [0, 0.1) is 5.82 Å². The Hall–Kier alpha value is -3.71. The number of para-hydroxylation sites is 1. The van der Waals surface area contributed by atoms with E-state index in [-0.39, 0.29) is 27.8 Å². The van der Waals surface area contributed by atoms with Crippen molar-refractivity contribution in [2.45, 2.75) is 12.8 Å². The molecule has 0 spiro atoms. The predicted octanol–water partition coefficient (Wildman–Crippen LogP) is 4.65. The number of nitrogens with one attached hydrogen (secondary N) is 2. The topological polar surface area (TPSA) is 95.1 Å². The number of phenolic OH excluding ortho intramolecular Hbond substituents is 1. The molecule has 0 aliphatic heterocycles. The van der Waals surface area contributed by atoms with Gasteiger partial charge in [-0.25, -0.2) is 4.39 Å². The summed E-state index contributed by atoms with van der Waals surface area (Å²) >= 11 is 6.05. The van der Waals surface area contributed by atoms with Crippen LogP contribution in [0.25, 0.3) is 10.9 Å². The molecule has 0 atom stereocenters. The van der Waals surface area contributed by atoms with Gasteiger partial charge >= 0.3 is 0 Å². The largest absolute Gasteiger partial charge is 0.507 e. The molecule has 0 aliphatic carbocycles. The lowest BCUT2D eigenvalue weighted by Gasteiger charge is -2.07. The fraction of sp³-hybridized carbons (Fsp3) is 0.125. The molecule has 4 rings (SSSR count). The van der Waals surface area contributed by atoms with Crippen molar-refractivity contribution < 1.29 is 19.1 Å². The van der Waals surface area contributed by atoms with Gasteiger partial charge in [0.25, 0.3) is 5.91 Å². The molecule has 0 aliphatic rings. The first kappa shape index (κ1) is 21.5. The van der Waals surface area contributed by atoms with Crippen LogP contribution in [0.4, 0.5) is 4.39 Å². The number of rotatable bonds is 7. The minimum atomic E-state index is -0.675. The van der Waals surface area contributed by atoms with E-state index >= 15 is 0 Å². The van der Waals surface area contributed by atoms with E-state index in [1.54, 1.807) is 30.5 Å². The highest BCUT2D eigenvalue weighted by atomic mass is 35.5. The Balaban J connectivity index is 1.47. The number of aryl methyl sites for hydroxylation is 1. The van der Waals surface area contributed by atoms with Gasteiger partial charge < -0.3 is 15.4 Å². The summed E-state index contributed by atoms with van der Waals surface area (Å²) in [6.45, 7) is 0.378. The lowest BCUT2D eigenvalue weighted by atomic mass is 10.0. The highest BCUT2D eigenvalue weighted by Gasteiger charge is 2.21. The number of hydrogen-bond acceptors (Lipinski definition) is 4. The van der Waals surface area contributed by atoms with Gasteiger partial charge in [-0.15, -0.1) is 0 Å². The average molecular weight is 452 g/mol. The quantitative estimate of drug-likeness (QED) is 0.281. The summed E-state index contributed by atoms with van der Waals surface area (Å²) < 4.78 is 14.2. The number of hydrogen-bond donors (Lipinski definition) is 3. The van der Waals surface area contributed by atoms with Crippen LogP contribution in [0.3, 0.4) is 0 Å². The van der Waals surface area contributed by atoms with Crippen LogP contribution in [-0.4, -0.2) is 33.3 Å². The first-order valence-electron chi connectivity index (χ1n) is 9.97. The molecule has 162 valence electrons. The molecule has 2 aromatic heterocycles. The lowest BCUT2D eigenvalue weighted by molar-refractivity contribution is 0.0949. The standard InChI is InChI=1S/C24H19ClFN3O3/c25-17-6-3-7-18(26)21(17)23(31)16-13-29-22-14(16)10-12-27-19(22)8-4-11-28-24(32)15-5-1-2-9-20(15)30/h1-3,5-7,9-10,12-13,29-30H,4,8,11H2,(H,28,32). The van der Waals surface area contributed by atoms with Crippen LogP contribution in [0.15, 0.2) is 60.9 Å². The number of aromatic nitrogens is 2. The van der Waals surface area contributed by atoms with Crippen LogP contribution in [0.5, 0.6) is 5.75 Å². The Morgan fingerprint density at radius 3 is 2.69 bits per heavy atom. The molecule has 0 radical (unpaired) electrons. The van der Waals surface area contributed by atoms with Crippen molar-refractivity contribution in [1.82, 2.24) is 15.3 Å². The number of H-pyrrole nitrogens is 1. The Morgan fingerprint density at radius 1 is 1.09 bits per heavy atom. The maximum atomic E-state index is 14.2. The molecule has 0 saturated carbocycles. The molecule has 2 aromatic carbocycles. The Morgan fingerprint density at radius 2 is 1.91 bits per heavy atom. The minimum absolute atomic E-state index is 0.0545. The van der Waals surface area contributed by atoms with Crippen molar-refractivity contribution in [2.24, 2.45) is 0 Å². The summed E-state index contributed by atoms with van der Waals surface area (Å²) in [4.78, 5) is 32.6. The summed E-state index contributed by atoms with van der Waals surface area (Å²) in [5.74, 6) is -1.61. The molecule has 8 heteroatoms. The number of ketones is 1. The average Bonchev–Trinajstić information content (AvgIpc) is 3.21. The van der Waals surface area contributed by atoms with Gasteiger partial charge in [0.15, 0.2) is 5.78 Å². The normalized spacial score (nSPS) is 10.9. The van der Waals surface area contributed by atoms with E-state index in [4.69, 9.17) is 11.6 Å². The Bertz CT molecular complexity index is 1300. The van der Waals surface area contributed by atoms with Crippen molar-refractivity contribution in [3.63, 3.8) is 0 Å². The molecule has 0 bridgehead atoms. The maximum Gasteiger partial charge on any atom is 0.255 e. The van der Waals surface area contributed by atoms with Crippen molar-refractivity contribution >= 4 is 34.2 Å². The van der Waals surface area contributed by atoms with Gasteiger partial charge in [0.2, 0.25) is 0 Å². The summed E-state index contributed by atoms with van der Waals surface area (Å²) in [5, 5.41) is 13.2. The molecule has 0 fully saturated rings. The maximum absolute atomic E-state index is 14.2. The monoisotopic (exact) mass is 451 g/mol. The van der Waals surface area contributed by atoms with Gasteiger partial charge in [-0.3, -0.25) is 14.6 Å². The van der Waals surface area contributed by atoms with Crippen LogP contribution in [-0.2, 0) is 6.42 Å². The number of fused-ring (bicyclic) bond motifs is 1. The number of halogens is 2. The number of carbonyl (C=O) groups excluding carboxylic acids is 2. The number of aromatic amines is 1. The Labute approximate surface area is 188 Å². The highest BCUT2D eigenvalue weighted by molar-refractivity contribution is 6.35.